The fourth-order valence-electron chi connectivity index (χ4n) is 1.78. The van der Waals surface area contributed by atoms with Gasteiger partial charge in [-0.2, -0.15) is 0 Å². The molecule has 0 aromatic carbocycles. The Morgan fingerprint density at radius 1 is 1.67 bits per heavy atom. The molecule has 1 aromatic rings. The zero-order valence-corrected chi connectivity index (χ0v) is 8.95. The van der Waals surface area contributed by atoms with Crippen LogP contribution >= 0.6 is 0 Å². The zero-order valence-electron chi connectivity index (χ0n) is 8.95. The highest BCUT2D eigenvalue weighted by atomic mass is 16.3. The average molecular weight is 209 g/mol. The number of anilines is 1. The van der Waals surface area contributed by atoms with E-state index < -0.39 is 5.60 Å². The quantitative estimate of drug-likeness (QED) is 0.721. The number of aromatic amines is 1. The van der Waals surface area contributed by atoms with Crippen LogP contribution in [0.1, 0.15) is 19.2 Å². The first-order chi connectivity index (χ1) is 7.02. The van der Waals surface area contributed by atoms with Gasteiger partial charge in [-0.15, -0.1) is 0 Å². The van der Waals surface area contributed by atoms with Crippen LogP contribution in [0.5, 0.6) is 0 Å². The van der Waals surface area contributed by atoms with Crippen LogP contribution in [0.2, 0.25) is 0 Å². The van der Waals surface area contributed by atoms with Crippen LogP contribution in [0, 0.1) is 6.92 Å². The lowest BCUT2D eigenvalue weighted by Gasteiger charge is -2.46. The zero-order chi connectivity index (χ0) is 11.1. The molecule has 82 valence electrons. The Bertz CT molecular complexity index is 421. The van der Waals surface area contributed by atoms with Crippen molar-refractivity contribution in [2.45, 2.75) is 25.9 Å². The lowest BCUT2D eigenvalue weighted by Crippen LogP contribution is -2.62. The van der Waals surface area contributed by atoms with E-state index in [-0.39, 0.29) is 5.56 Å². The third-order valence-corrected chi connectivity index (χ3v) is 2.80. The first-order valence-electron chi connectivity index (χ1n) is 5.08. The van der Waals surface area contributed by atoms with Crippen molar-refractivity contribution in [2.75, 3.05) is 18.0 Å². The molecule has 1 aliphatic heterocycles. The first kappa shape index (κ1) is 10.2. The summed E-state index contributed by atoms with van der Waals surface area (Å²) in [5.41, 5.74) is -0.748. The number of aryl methyl sites for hydroxylation is 1. The maximum Gasteiger partial charge on any atom is 0.252 e. The average Bonchev–Trinajstić information content (AvgIpc) is 2.11. The molecule has 0 unspecified atom stereocenters. The third kappa shape index (κ3) is 1.87. The third-order valence-electron chi connectivity index (χ3n) is 2.80. The van der Waals surface area contributed by atoms with E-state index in [9.17, 15) is 9.90 Å². The summed E-state index contributed by atoms with van der Waals surface area (Å²) >= 11 is 0. The second-order valence-electron chi connectivity index (χ2n) is 4.12. The molecule has 5 nitrogen and oxygen atoms in total. The lowest BCUT2D eigenvalue weighted by molar-refractivity contribution is 0.00802. The number of rotatable bonds is 2. The Hall–Kier alpha value is -1.36. The first-order valence-corrected chi connectivity index (χ1v) is 5.08. The molecule has 2 rings (SSSR count). The molecule has 0 amide bonds. The van der Waals surface area contributed by atoms with Gasteiger partial charge >= 0.3 is 0 Å². The van der Waals surface area contributed by atoms with Crippen LogP contribution in [0.25, 0.3) is 0 Å². The van der Waals surface area contributed by atoms with Gasteiger partial charge in [0, 0.05) is 19.2 Å². The van der Waals surface area contributed by atoms with Gasteiger partial charge in [0.15, 0.2) is 0 Å². The summed E-state index contributed by atoms with van der Waals surface area (Å²) in [4.78, 5) is 19.9. The highest BCUT2D eigenvalue weighted by molar-refractivity contribution is 5.43. The predicted octanol–water partition coefficient (Wildman–Crippen LogP) is 0.0394. The molecule has 1 aromatic heterocycles. The molecule has 5 heteroatoms. The number of nitrogens with one attached hydrogen (secondary N) is 1. The van der Waals surface area contributed by atoms with Crippen molar-refractivity contribution in [1.82, 2.24) is 9.97 Å². The van der Waals surface area contributed by atoms with E-state index in [1.165, 1.54) is 6.07 Å². The molecule has 0 atom stereocenters. The van der Waals surface area contributed by atoms with Gasteiger partial charge in [-0.25, -0.2) is 4.98 Å². The van der Waals surface area contributed by atoms with Gasteiger partial charge < -0.3 is 15.0 Å². The van der Waals surface area contributed by atoms with Gasteiger partial charge in [0.1, 0.15) is 11.6 Å². The molecular weight excluding hydrogens is 194 g/mol. The number of hydrogen-bond acceptors (Lipinski definition) is 4. The number of hydrogen-bond donors (Lipinski definition) is 2. The highest BCUT2D eigenvalue weighted by Crippen LogP contribution is 2.27. The Balaban J connectivity index is 2.16. The molecule has 0 radical (unpaired) electrons. The Labute approximate surface area is 87.8 Å². The SMILES string of the molecule is CCC1(O)CN(c2cc(=O)[nH]c(C)n2)C1. The van der Waals surface area contributed by atoms with E-state index in [4.69, 9.17) is 0 Å². The normalized spacial score (nSPS) is 18.7. The van der Waals surface area contributed by atoms with Crippen molar-refractivity contribution in [3.63, 3.8) is 0 Å². The number of H-pyrrole nitrogens is 1. The molecule has 15 heavy (non-hydrogen) atoms. The summed E-state index contributed by atoms with van der Waals surface area (Å²) in [7, 11) is 0. The van der Waals surface area contributed by atoms with Crippen molar-refractivity contribution in [3.8, 4) is 0 Å². The van der Waals surface area contributed by atoms with E-state index >= 15 is 0 Å². The van der Waals surface area contributed by atoms with Crippen molar-refractivity contribution in [3.05, 3.63) is 22.2 Å². The second kappa shape index (κ2) is 3.34. The Kier molecular flexibility index (Phi) is 2.26. The van der Waals surface area contributed by atoms with Gasteiger partial charge in [0.05, 0.1) is 5.60 Å². The van der Waals surface area contributed by atoms with Gasteiger partial charge in [-0.1, -0.05) is 6.92 Å². The molecule has 0 spiro atoms. The number of aromatic nitrogens is 2. The topological polar surface area (TPSA) is 69.2 Å². The summed E-state index contributed by atoms with van der Waals surface area (Å²) < 4.78 is 0. The van der Waals surface area contributed by atoms with E-state index in [2.05, 4.69) is 9.97 Å². The molecule has 1 fully saturated rings. The molecule has 0 bridgehead atoms. The predicted molar refractivity (Wildman–Crippen MR) is 57.0 cm³/mol. The van der Waals surface area contributed by atoms with E-state index in [0.717, 1.165) is 6.42 Å². The van der Waals surface area contributed by atoms with E-state index in [0.29, 0.717) is 24.7 Å². The monoisotopic (exact) mass is 209 g/mol. The second-order valence-corrected chi connectivity index (χ2v) is 4.12. The maximum absolute atomic E-state index is 11.2. The van der Waals surface area contributed by atoms with Crippen molar-refractivity contribution in [2.24, 2.45) is 0 Å². The molecule has 1 saturated heterocycles. The van der Waals surface area contributed by atoms with Crippen LogP contribution in [0.15, 0.2) is 10.9 Å². The van der Waals surface area contributed by atoms with Crippen LogP contribution in [-0.2, 0) is 0 Å². The summed E-state index contributed by atoms with van der Waals surface area (Å²) in [6.45, 7) is 4.81. The molecular formula is C10H15N3O2. The largest absolute Gasteiger partial charge is 0.386 e. The fraction of sp³-hybridized carbons (Fsp3) is 0.600. The van der Waals surface area contributed by atoms with Gasteiger partial charge in [-0.3, -0.25) is 4.79 Å². The van der Waals surface area contributed by atoms with Gasteiger partial charge in [-0.05, 0) is 13.3 Å². The number of nitrogens with zero attached hydrogens (tertiary/aromatic N) is 2. The van der Waals surface area contributed by atoms with Crippen molar-refractivity contribution >= 4 is 5.82 Å². The molecule has 1 aliphatic rings. The van der Waals surface area contributed by atoms with Crippen molar-refractivity contribution < 1.29 is 5.11 Å². The van der Waals surface area contributed by atoms with Crippen LogP contribution in [0.3, 0.4) is 0 Å². The number of aliphatic hydroxyl groups is 1. The summed E-state index contributed by atoms with van der Waals surface area (Å²) in [5, 5.41) is 9.83. The Morgan fingerprint density at radius 2 is 2.33 bits per heavy atom. The minimum absolute atomic E-state index is 0.149. The summed E-state index contributed by atoms with van der Waals surface area (Å²) in [6, 6.07) is 1.46. The van der Waals surface area contributed by atoms with Crippen LogP contribution in [-0.4, -0.2) is 33.8 Å². The maximum atomic E-state index is 11.2. The minimum Gasteiger partial charge on any atom is -0.386 e. The highest BCUT2D eigenvalue weighted by Gasteiger charge is 2.40. The van der Waals surface area contributed by atoms with Crippen LogP contribution in [0.4, 0.5) is 5.82 Å². The smallest absolute Gasteiger partial charge is 0.252 e. The van der Waals surface area contributed by atoms with Crippen molar-refractivity contribution in [1.29, 1.82) is 0 Å². The molecule has 0 saturated carbocycles. The van der Waals surface area contributed by atoms with Crippen LogP contribution < -0.4 is 10.5 Å². The summed E-state index contributed by atoms with van der Waals surface area (Å²) in [5.74, 6) is 1.25. The van der Waals surface area contributed by atoms with Gasteiger partial charge in [0.25, 0.3) is 5.56 Å². The van der Waals surface area contributed by atoms with Gasteiger partial charge in [0.2, 0.25) is 0 Å². The number of β-amino-alcohol motifs (C(OH)–C–C–N with tert-alkyl or cyclic N) is 1. The minimum atomic E-state index is -0.599. The lowest BCUT2D eigenvalue weighted by atomic mass is 9.91. The summed E-state index contributed by atoms with van der Waals surface area (Å²) in [6.07, 6.45) is 0.728. The molecule has 2 heterocycles. The fourth-order valence-corrected chi connectivity index (χ4v) is 1.78. The van der Waals surface area contributed by atoms with E-state index in [1.54, 1.807) is 6.92 Å². The molecule has 0 aliphatic carbocycles. The van der Waals surface area contributed by atoms with E-state index in [1.807, 2.05) is 11.8 Å². The molecule has 2 N–H and O–H groups in total. The standard InChI is InChI=1S/C10H15N3O2/c1-3-10(15)5-13(6-10)8-4-9(14)12-7(2)11-8/h4,15H,3,5-6H2,1-2H3,(H,11,12,14). The Morgan fingerprint density at radius 3 is 2.87 bits per heavy atom.